The quantitative estimate of drug-likeness (QED) is 0.344. The minimum absolute atomic E-state index is 0.196. The van der Waals surface area contributed by atoms with Crippen molar-refractivity contribution in [2.24, 2.45) is 5.92 Å². The van der Waals surface area contributed by atoms with Gasteiger partial charge in [-0.15, -0.1) is 11.3 Å². The van der Waals surface area contributed by atoms with Crippen LogP contribution in [0.5, 0.6) is 0 Å². The molecule has 148 valence electrons. The summed E-state index contributed by atoms with van der Waals surface area (Å²) in [6.07, 6.45) is 3.12. The number of nitrogen functional groups attached to an aromatic ring is 1. The number of carbonyl (C=O) groups is 1. The Hall–Kier alpha value is -2.53. The zero-order valence-corrected chi connectivity index (χ0v) is 17.4. The lowest BCUT2D eigenvalue weighted by Gasteiger charge is -2.32. The van der Waals surface area contributed by atoms with E-state index in [4.69, 9.17) is 10.3 Å². The number of nitrogens with two attached hydrogens (primary N) is 1. The maximum Gasteiger partial charge on any atom is 0.327 e. The van der Waals surface area contributed by atoms with Crippen LogP contribution in [-0.4, -0.2) is 5.91 Å². The average molecular weight is 424 g/mol. The predicted molar refractivity (Wildman–Crippen MR) is 117 cm³/mol. The lowest BCUT2D eigenvalue weighted by atomic mass is 9.79. The van der Waals surface area contributed by atoms with E-state index >= 15 is 0 Å². The molecule has 1 amide bonds. The van der Waals surface area contributed by atoms with E-state index < -0.39 is 0 Å². The Morgan fingerprint density at radius 3 is 2.59 bits per heavy atom. The van der Waals surface area contributed by atoms with E-state index in [1.54, 1.807) is 29.5 Å². The van der Waals surface area contributed by atoms with Crippen molar-refractivity contribution in [3.63, 3.8) is 0 Å². The van der Waals surface area contributed by atoms with Gasteiger partial charge in [0.05, 0.1) is 17.5 Å². The fourth-order valence-corrected chi connectivity index (χ4v) is 4.60. The first-order valence-electron chi connectivity index (χ1n) is 9.49. The normalized spacial score (nSPS) is 15.0. The van der Waals surface area contributed by atoms with Crippen LogP contribution >= 0.6 is 20.0 Å². The van der Waals surface area contributed by atoms with Crippen molar-refractivity contribution in [2.75, 3.05) is 11.1 Å². The van der Waals surface area contributed by atoms with Crippen LogP contribution in [0.1, 0.15) is 41.3 Å². The van der Waals surface area contributed by atoms with Gasteiger partial charge in [0.25, 0.3) is 5.91 Å². The Morgan fingerprint density at radius 2 is 1.97 bits per heavy atom. The molecule has 3 aromatic rings. The van der Waals surface area contributed by atoms with Crippen LogP contribution < -0.4 is 11.1 Å². The Kier molecular flexibility index (Phi) is 6.05. The van der Waals surface area contributed by atoms with Crippen molar-refractivity contribution in [2.45, 2.75) is 25.4 Å². The minimum Gasteiger partial charge on any atom is -0.397 e. The summed E-state index contributed by atoms with van der Waals surface area (Å²) in [6, 6.07) is 16.9. The second-order valence-corrected chi connectivity index (χ2v) is 8.45. The van der Waals surface area contributed by atoms with Gasteiger partial charge in [-0.3, -0.25) is 9.32 Å². The fraction of sp³-hybridized carbons (Fsp3) is 0.227. The highest BCUT2D eigenvalue weighted by molar-refractivity contribution is 7.17. The largest absolute Gasteiger partial charge is 0.397 e. The molecule has 0 bridgehead atoms. The third kappa shape index (κ3) is 4.40. The molecule has 7 heteroatoms. The minimum atomic E-state index is -0.317. The van der Waals surface area contributed by atoms with Crippen LogP contribution in [0.3, 0.4) is 0 Å². The molecule has 1 atom stereocenters. The number of rotatable bonds is 7. The summed E-state index contributed by atoms with van der Waals surface area (Å²) < 4.78 is 16.3. The second-order valence-electron chi connectivity index (χ2n) is 7.15. The highest BCUT2D eigenvalue weighted by atomic mass is 32.1. The molecule has 5 nitrogen and oxygen atoms in total. The van der Waals surface area contributed by atoms with Gasteiger partial charge in [0.1, 0.15) is 0 Å². The number of anilines is 2. The van der Waals surface area contributed by atoms with Crippen LogP contribution in [0.25, 0.3) is 10.4 Å². The molecule has 0 saturated heterocycles. The van der Waals surface area contributed by atoms with Gasteiger partial charge in [-0.05, 0) is 65.6 Å². The third-order valence-electron chi connectivity index (χ3n) is 5.34. The van der Waals surface area contributed by atoms with Crippen LogP contribution in [0.2, 0.25) is 0 Å². The second kappa shape index (κ2) is 8.87. The van der Waals surface area contributed by atoms with E-state index in [9.17, 15) is 9.36 Å². The molecule has 0 radical (unpaired) electrons. The molecule has 0 aliphatic heterocycles. The summed E-state index contributed by atoms with van der Waals surface area (Å²) in [5.41, 5.74) is 9.65. The molecular formula is C22H21N2O3PS. The molecule has 1 unspecified atom stereocenters. The van der Waals surface area contributed by atoms with Crippen molar-refractivity contribution in [1.82, 2.24) is 0 Å². The molecule has 1 aliphatic carbocycles. The number of hydrogen-bond acceptors (Lipinski definition) is 5. The fourth-order valence-electron chi connectivity index (χ4n) is 3.49. The topological polar surface area (TPSA) is 81.4 Å². The van der Waals surface area contributed by atoms with E-state index in [1.165, 1.54) is 6.42 Å². The van der Waals surface area contributed by atoms with Gasteiger partial charge in [-0.2, -0.15) is 0 Å². The summed E-state index contributed by atoms with van der Waals surface area (Å²) >= 11 is 1.63. The van der Waals surface area contributed by atoms with E-state index in [0.717, 1.165) is 28.8 Å². The summed E-state index contributed by atoms with van der Waals surface area (Å²) in [5, 5.41) is 4.92. The Labute approximate surface area is 175 Å². The first-order chi connectivity index (χ1) is 14.2. The van der Waals surface area contributed by atoms with Crippen molar-refractivity contribution < 1.29 is 13.9 Å². The molecule has 1 aromatic heterocycles. The van der Waals surface area contributed by atoms with E-state index in [-0.39, 0.29) is 20.7 Å². The maximum absolute atomic E-state index is 12.7. The predicted octanol–water partition coefficient (Wildman–Crippen LogP) is 6.31. The van der Waals surface area contributed by atoms with Crippen molar-refractivity contribution >= 4 is 37.3 Å². The van der Waals surface area contributed by atoms with Crippen molar-refractivity contribution in [3.8, 4) is 10.4 Å². The standard InChI is InChI=1S/C22H21N2O3PS/c23-18-11-10-17(20-5-2-12-29-20)13-19(18)24-22(25)16-8-6-15(7-9-16)21(27-28-26)14-3-1-4-14/h2,5-14,21H,1,3-4,23H2,(H,24,25). The lowest BCUT2D eigenvalue weighted by Crippen LogP contribution is -2.21. The molecule has 29 heavy (non-hydrogen) atoms. The summed E-state index contributed by atoms with van der Waals surface area (Å²) in [7, 11) is -0.317. The maximum atomic E-state index is 12.7. The van der Waals surface area contributed by atoms with Gasteiger partial charge in [0.2, 0.25) is 0 Å². The molecule has 1 fully saturated rings. The Morgan fingerprint density at radius 1 is 1.17 bits per heavy atom. The molecule has 1 aliphatic rings. The van der Waals surface area contributed by atoms with Crippen LogP contribution in [-0.2, 0) is 9.09 Å². The van der Waals surface area contributed by atoms with Gasteiger partial charge < -0.3 is 11.1 Å². The highest BCUT2D eigenvalue weighted by Crippen LogP contribution is 2.41. The molecule has 3 N–H and O–H groups in total. The number of amides is 1. The van der Waals surface area contributed by atoms with Gasteiger partial charge in [-0.1, -0.05) is 30.7 Å². The molecule has 1 heterocycles. The lowest BCUT2D eigenvalue weighted by molar-refractivity contribution is 0.0960. The van der Waals surface area contributed by atoms with Gasteiger partial charge in [-0.25, -0.2) is 4.57 Å². The number of hydrogen-bond donors (Lipinski definition) is 2. The summed E-state index contributed by atoms with van der Waals surface area (Å²) in [5.74, 6) is 0.158. The van der Waals surface area contributed by atoms with Gasteiger partial charge >= 0.3 is 8.69 Å². The van der Waals surface area contributed by atoms with E-state index in [1.807, 2.05) is 41.8 Å². The molecular weight excluding hydrogens is 403 g/mol. The number of nitrogens with one attached hydrogen (secondary N) is 1. The first kappa shape index (κ1) is 19.8. The third-order valence-corrected chi connectivity index (χ3v) is 6.58. The molecule has 0 spiro atoms. The Bertz CT molecular complexity index is 1000. The number of benzene rings is 2. The van der Waals surface area contributed by atoms with Gasteiger partial charge in [0.15, 0.2) is 0 Å². The number of thiophene rings is 1. The molecule has 1 saturated carbocycles. The SMILES string of the molecule is Nc1ccc(-c2cccs2)cc1NC(=O)c1ccc(C(OP=O)C2CCC2)cc1. The number of carbonyl (C=O) groups excluding carboxylic acids is 1. The summed E-state index contributed by atoms with van der Waals surface area (Å²) in [6.45, 7) is 0. The Balaban J connectivity index is 1.50. The zero-order chi connectivity index (χ0) is 20.2. The van der Waals surface area contributed by atoms with E-state index in [0.29, 0.717) is 22.9 Å². The van der Waals surface area contributed by atoms with Crippen LogP contribution in [0.15, 0.2) is 60.0 Å². The van der Waals surface area contributed by atoms with Crippen molar-refractivity contribution in [3.05, 3.63) is 71.1 Å². The molecule has 4 rings (SSSR count). The van der Waals surface area contributed by atoms with E-state index in [2.05, 4.69) is 5.32 Å². The highest BCUT2D eigenvalue weighted by Gasteiger charge is 2.29. The van der Waals surface area contributed by atoms with Crippen LogP contribution in [0, 0.1) is 5.92 Å². The zero-order valence-electron chi connectivity index (χ0n) is 15.7. The molecule has 2 aromatic carbocycles. The van der Waals surface area contributed by atoms with Gasteiger partial charge in [0, 0.05) is 10.4 Å². The summed E-state index contributed by atoms with van der Waals surface area (Å²) in [4.78, 5) is 13.8. The first-order valence-corrected chi connectivity index (χ1v) is 11.1. The van der Waals surface area contributed by atoms with Crippen LogP contribution in [0.4, 0.5) is 11.4 Å². The smallest absolute Gasteiger partial charge is 0.327 e. The monoisotopic (exact) mass is 424 g/mol. The average Bonchev–Trinajstić information content (AvgIpc) is 3.23. The van der Waals surface area contributed by atoms with Crippen molar-refractivity contribution in [1.29, 1.82) is 0 Å².